The van der Waals surface area contributed by atoms with Gasteiger partial charge in [0, 0.05) is 12.2 Å². The largest absolute Gasteiger partial charge is 0.497 e. The van der Waals surface area contributed by atoms with Gasteiger partial charge in [-0.3, -0.25) is 0 Å². The van der Waals surface area contributed by atoms with E-state index in [1.54, 1.807) is 7.11 Å². The highest BCUT2D eigenvalue weighted by Gasteiger charge is 2.30. The first-order valence-electron chi connectivity index (χ1n) is 8.37. The van der Waals surface area contributed by atoms with E-state index in [4.69, 9.17) is 4.74 Å². The minimum atomic E-state index is -0.0259. The van der Waals surface area contributed by atoms with E-state index in [0.717, 1.165) is 47.5 Å². The molecule has 1 saturated heterocycles. The van der Waals surface area contributed by atoms with Crippen LogP contribution in [0.2, 0.25) is 0 Å². The maximum absolute atomic E-state index is 12.8. The summed E-state index contributed by atoms with van der Waals surface area (Å²) >= 11 is 0. The normalized spacial score (nSPS) is 17.0. The number of amides is 2. The quantitative estimate of drug-likeness (QED) is 0.890. The van der Waals surface area contributed by atoms with Crippen LogP contribution in [0.15, 0.2) is 42.5 Å². The lowest BCUT2D eigenvalue weighted by atomic mass is 10.0. The number of hydrogen-bond donors (Lipinski definition) is 1. The summed E-state index contributed by atoms with van der Waals surface area (Å²) in [6, 6.07) is 14.2. The van der Waals surface area contributed by atoms with Gasteiger partial charge in [0.1, 0.15) is 5.75 Å². The topological polar surface area (TPSA) is 41.6 Å². The van der Waals surface area contributed by atoms with Crippen LogP contribution in [0.3, 0.4) is 0 Å². The number of aryl methyl sites for hydroxylation is 2. The van der Waals surface area contributed by atoms with Crippen molar-refractivity contribution >= 4 is 11.7 Å². The number of rotatable bonds is 3. The summed E-state index contributed by atoms with van der Waals surface area (Å²) in [5.74, 6) is 0.836. The number of carbonyl (C=O) groups is 1. The molecule has 0 bridgehead atoms. The average Bonchev–Trinajstić information content (AvgIpc) is 3.08. The van der Waals surface area contributed by atoms with E-state index in [0.29, 0.717) is 0 Å². The fourth-order valence-corrected chi connectivity index (χ4v) is 3.24. The third kappa shape index (κ3) is 3.37. The number of urea groups is 1. The van der Waals surface area contributed by atoms with Crippen molar-refractivity contribution in [3.8, 4) is 5.75 Å². The molecule has 4 nitrogen and oxygen atoms in total. The maximum atomic E-state index is 12.8. The van der Waals surface area contributed by atoms with Gasteiger partial charge in [-0.2, -0.15) is 0 Å². The lowest BCUT2D eigenvalue weighted by molar-refractivity contribution is 0.207. The molecule has 1 N–H and O–H groups in total. The molecule has 0 saturated carbocycles. The number of nitrogens with one attached hydrogen (secondary N) is 1. The number of ether oxygens (including phenoxy) is 1. The van der Waals surface area contributed by atoms with Gasteiger partial charge in [0.15, 0.2) is 0 Å². The minimum absolute atomic E-state index is 0.0259. The van der Waals surface area contributed by atoms with Crippen LogP contribution in [-0.2, 0) is 0 Å². The summed E-state index contributed by atoms with van der Waals surface area (Å²) in [5, 5.41) is 3.08. The van der Waals surface area contributed by atoms with E-state index in [1.165, 1.54) is 0 Å². The van der Waals surface area contributed by atoms with Gasteiger partial charge < -0.3 is 15.0 Å². The van der Waals surface area contributed by atoms with Crippen LogP contribution in [-0.4, -0.2) is 24.6 Å². The Morgan fingerprint density at radius 3 is 2.62 bits per heavy atom. The molecule has 1 heterocycles. The third-order valence-electron chi connectivity index (χ3n) is 4.65. The van der Waals surface area contributed by atoms with Gasteiger partial charge in [-0.15, -0.1) is 0 Å². The Labute approximate surface area is 143 Å². The lowest BCUT2D eigenvalue weighted by Gasteiger charge is -2.26. The first-order valence-corrected chi connectivity index (χ1v) is 8.37. The zero-order valence-corrected chi connectivity index (χ0v) is 14.5. The summed E-state index contributed by atoms with van der Waals surface area (Å²) in [4.78, 5) is 14.7. The molecule has 1 atom stereocenters. The van der Waals surface area contributed by atoms with Crippen LogP contribution in [0.25, 0.3) is 0 Å². The number of likely N-dealkylation sites (tertiary alicyclic amines) is 1. The molecule has 0 spiro atoms. The second-order valence-corrected chi connectivity index (χ2v) is 6.37. The van der Waals surface area contributed by atoms with Crippen molar-refractivity contribution in [2.75, 3.05) is 19.0 Å². The van der Waals surface area contributed by atoms with Gasteiger partial charge in [-0.25, -0.2) is 4.79 Å². The zero-order valence-electron chi connectivity index (χ0n) is 14.5. The fourth-order valence-electron chi connectivity index (χ4n) is 3.24. The number of anilines is 1. The number of carbonyl (C=O) groups excluding carboxylic acids is 1. The van der Waals surface area contributed by atoms with Crippen molar-refractivity contribution in [1.82, 2.24) is 4.90 Å². The van der Waals surface area contributed by atoms with Gasteiger partial charge in [-0.05, 0) is 61.6 Å². The fraction of sp³-hybridized carbons (Fsp3) is 0.350. The molecule has 0 aliphatic carbocycles. The van der Waals surface area contributed by atoms with Crippen molar-refractivity contribution in [2.45, 2.75) is 32.7 Å². The third-order valence-corrected chi connectivity index (χ3v) is 4.65. The van der Waals surface area contributed by atoms with Gasteiger partial charge in [0.05, 0.1) is 13.2 Å². The highest BCUT2D eigenvalue weighted by Crippen LogP contribution is 2.33. The monoisotopic (exact) mass is 324 g/mol. The van der Waals surface area contributed by atoms with E-state index in [9.17, 15) is 4.79 Å². The molecule has 0 aromatic heterocycles. The van der Waals surface area contributed by atoms with Crippen LogP contribution in [0, 0.1) is 13.8 Å². The van der Waals surface area contributed by atoms with Crippen LogP contribution in [0.5, 0.6) is 5.75 Å². The van der Waals surface area contributed by atoms with Gasteiger partial charge in [0.2, 0.25) is 0 Å². The molecule has 1 fully saturated rings. The predicted molar refractivity (Wildman–Crippen MR) is 96.6 cm³/mol. The molecule has 2 aromatic carbocycles. The van der Waals surface area contributed by atoms with Crippen molar-refractivity contribution in [2.24, 2.45) is 0 Å². The number of nitrogens with zero attached hydrogens (tertiary/aromatic N) is 1. The highest BCUT2D eigenvalue weighted by atomic mass is 16.5. The average molecular weight is 324 g/mol. The number of methoxy groups -OCH3 is 1. The summed E-state index contributed by atoms with van der Waals surface area (Å²) in [5.41, 5.74) is 4.27. The molecule has 126 valence electrons. The highest BCUT2D eigenvalue weighted by molar-refractivity contribution is 5.90. The lowest BCUT2D eigenvalue weighted by Crippen LogP contribution is -2.34. The van der Waals surface area contributed by atoms with Crippen LogP contribution < -0.4 is 10.1 Å². The molecule has 4 heteroatoms. The molecule has 0 unspecified atom stereocenters. The molecular weight excluding hydrogens is 300 g/mol. The summed E-state index contributed by atoms with van der Waals surface area (Å²) in [6.07, 6.45) is 2.02. The minimum Gasteiger partial charge on any atom is -0.497 e. The molecule has 2 aromatic rings. The Morgan fingerprint density at radius 1 is 1.17 bits per heavy atom. The molecule has 1 aliphatic rings. The Bertz CT molecular complexity index is 725. The van der Waals surface area contributed by atoms with Gasteiger partial charge in [-0.1, -0.05) is 24.3 Å². The van der Waals surface area contributed by atoms with Crippen LogP contribution >= 0.6 is 0 Å². The molecular formula is C20H24N2O2. The van der Waals surface area contributed by atoms with Crippen molar-refractivity contribution in [3.63, 3.8) is 0 Å². The molecule has 3 rings (SSSR count). The standard InChI is InChI=1S/C20H24N2O2/c1-14-6-7-15(2)18(13-14)21-20(23)22-12-4-5-19(22)16-8-10-17(24-3)11-9-16/h6-11,13,19H,4-5,12H2,1-3H3,(H,21,23)/t19-/m1/s1. The number of hydrogen-bond acceptors (Lipinski definition) is 2. The van der Waals surface area contributed by atoms with Crippen molar-refractivity contribution < 1.29 is 9.53 Å². The Balaban J connectivity index is 1.76. The Hall–Kier alpha value is -2.49. The molecule has 1 aliphatic heterocycles. The second kappa shape index (κ2) is 6.95. The molecule has 0 radical (unpaired) electrons. The zero-order chi connectivity index (χ0) is 17.1. The van der Waals surface area contributed by atoms with E-state index in [1.807, 2.05) is 55.1 Å². The smallest absolute Gasteiger partial charge is 0.322 e. The second-order valence-electron chi connectivity index (χ2n) is 6.37. The Morgan fingerprint density at radius 2 is 1.92 bits per heavy atom. The van der Waals surface area contributed by atoms with Crippen molar-refractivity contribution in [1.29, 1.82) is 0 Å². The molecule has 2 amide bonds. The summed E-state index contributed by atoms with van der Waals surface area (Å²) < 4.78 is 5.22. The summed E-state index contributed by atoms with van der Waals surface area (Å²) in [7, 11) is 1.66. The van der Waals surface area contributed by atoms with Crippen LogP contribution in [0.1, 0.15) is 35.6 Å². The predicted octanol–water partition coefficient (Wildman–Crippen LogP) is 4.68. The first kappa shape index (κ1) is 16.4. The van der Waals surface area contributed by atoms with Crippen LogP contribution in [0.4, 0.5) is 10.5 Å². The van der Waals surface area contributed by atoms with E-state index in [2.05, 4.69) is 11.4 Å². The SMILES string of the molecule is COc1ccc([C@H]2CCCN2C(=O)Nc2cc(C)ccc2C)cc1. The van der Waals surface area contributed by atoms with E-state index < -0.39 is 0 Å². The van der Waals surface area contributed by atoms with E-state index in [-0.39, 0.29) is 12.1 Å². The van der Waals surface area contributed by atoms with Gasteiger partial charge in [0.25, 0.3) is 0 Å². The van der Waals surface area contributed by atoms with Crippen molar-refractivity contribution in [3.05, 3.63) is 59.2 Å². The molecule has 24 heavy (non-hydrogen) atoms. The van der Waals surface area contributed by atoms with E-state index >= 15 is 0 Å². The van der Waals surface area contributed by atoms with Gasteiger partial charge >= 0.3 is 6.03 Å². The summed E-state index contributed by atoms with van der Waals surface area (Å²) in [6.45, 7) is 4.83. The Kier molecular flexibility index (Phi) is 4.74. The first-order chi connectivity index (χ1) is 11.6. The maximum Gasteiger partial charge on any atom is 0.322 e. The number of benzene rings is 2.